The summed E-state index contributed by atoms with van der Waals surface area (Å²) in [6.45, 7) is 0. The Bertz CT molecular complexity index is 69.3. The van der Waals surface area contributed by atoms with E-state index >= 15 is 0 Å². The molecule has 50 valence electrons. The number of nitrogens with zero attached hydrogens (tertiary/aromatic N) is 1. The molecule has 0 heterocycles. The Balaban J connectivity index is 3.62. The van der Waals surface area contributed by atoms with E-state index in [4.69, 9.17) is 5.11 Å². The van der Waals surface area contributed by atoms with E-state index in [2.05, 4.69) is 15.9 Å². The van der Waals surface area contributed by atoms with E-state index < -0.39 is 0 Å². The summed E-state index contributed by atoms with van der Waals surface area (Å²) in [6.07, 6.45) is -0.296. The third kappa shape index (κ3) is 2.64. The van der Waals surface area contributed by atoms with Crippen LogP contribution in [-0.4, -0.2) is 42.3 Å². The van der Waals surface area contributed by atoms with Gasteiger partial charge < -0.3 is 9.59 Å². The van der Waals surface area contributed by atoms with E-state index in [1.165, 1.54) is 0 Å². The molecule has 0 amide bonds. The van der Waals surface area contributed by atoms with Crippen LogP contribution in [0.25, 0.3) is 0 Å². The van der Waals surface area contributed by atoms with Crippen molar-refractivity contribution >= 4 is 15.9 Å². The minimum atomic E-state index is -0.296. The summed E-state index contributed by atoms with van der Waals surface area (Å²) in [5.74, 6) is 0. The molecule has 0 unspecified atom stereocenters. The normalized spacial score (nSPS) is 16.1. The van der Waals surface area contributed by atoms with Crippen molar-refractivity contribution in [3.05, 3.63) is 0 Å². The summed E-state index contributed by atoms with van der Waals surface area (Å²) in [6, 6.07) is 0. The monoisotopic (exact) mass is 182 g/mol. The molecule has 3 heteroatoms. The summed E-state index contributed by atoms with van der Waals surface area (Å²) < 4.78 is 0.589. The Hall–Kier alpha value is 0.400. The quantitative estimate of drug-likeness (QED) is 0.373. The minimum absolute atomic E-state index is 0.296. The predicted molar refractivity (Wildman–Crippen MR) is 37.8 cm³/mol. The number of aliphatic hydroxyl groups excluding tert-OH is 1. The lowest BCUT2D eigenvalue weighted by Gasteiger charge is -2.28. The van der Waals surface area contributed by atoms with Crippen molar-refractivity contribution in [1.29, 1.82) is 0 Å². The van der Waals surface area contributed by atoms with Gasteiger partial charge in [-0.05, 0) is 0 Å². The standard InChI is InChI=1S/C5H13BrNO/c1-7(2,3)5(8)4-6/h5,8H,4H2,1-3H3/q+1/t5-/m0/s1. The molecule has 0 saturated carbocycles. The summed E-state index contributed by atoms with van der Waals surface area (Å²) in [5.41, 5.74) is 0. The number of quaternary nitrogens is 1. The molecule has 0 bridgehead atoms. The second-order valence-electron chi connectivity index (χ2n) is 2.75. The van der Waals surface area contributed by atoms with Crippen LogP contribution in [0.4, 0.5) is 0 Å². The second kappa shape index (κ2) is 2.80. The molecule has 1 N–H and O–H groups in total. The van der Waals surface area contributed by atoms with Crippen LogP contribution >= 0.6 is 15.9 Å². The van der Waals surface area contributed by atoms with Crippen LogP contribution in [0, 0.1) is 0 Å². The van der Waals surface area contributed by atoms with Crippen LogP contribution in [0.3, 0.4) is 0 Å². The van der Waals surface area contributed by atoms with Crippen molar-refractivity contribution in [2.75, 3.05) is 26.5 Å². The molecule has 0 fully saturated rings. The van der Waals surface area contributed by atoms with Crippen LogP contribution in [0.1, 0.15) is 0 Å². The molecule has 0 aromatic carbocycles. The molecule has 8 heavy (non-hydrogen) atoms. The van der Waals surface area contributed by atoms with Gasteiger partial charge in [0.05, 0.1) is 26.5 Å². The van der Waals surface area contributed by atoms with Crippen molar-refractivity contribution in [3.8, 4) is 0 Å². The number of hydrogen-bond donors (Lipinski definition) is 1. The maximum absolute atomic E-state index is 9.12. The topological polar surface area (TPSA) is 20.2 Å². The average molecular weight is 183 g/mol. The number of hydrogen-bond acceptors (Lipinski definition) is 1. The Morgan fingerprint density at radius 2 is 1.88 bits per heavy atom. The molecule has 0 saturated heterocycles. The Kier molecular flexibility index (Phi) is 2.94. The molecule has 0 aromatic heterocycles. The Morgan fingerprint density at radius 1 is 1.50 bits per heavy atom. The summed E-state index contributed by atoms with van der Waals surface area (Å²) in [4.78, 5) is 0. The molecule has 0 aliphatic rings. The zero-order chi connectivity index (χ0) is 6.78. The highest BCUT2D eigenvalue weighted by Gasteiger charge is 2.17. The summed E-state index contributed by atoms with van der Waals surface area (Å²) in [5, 5.41) is 9.76. The zero-order valence-electron chi connectivity index (χ0n) is 5.56. The van der Waals surface area contributed by atoms with Crippen LogP contribution in [-0.2, 0) is 0 Å². The lowest BCUT2D eigenvalue weighted by molar-refractivity contribution is -0.915. The molecule has 0 spiro atoms. The smallest absolute Gasteiger partial charge is 0.199 e. The van der Waals surface area contributed by atoms with Crippen LogP contribution in [0.2, 0.25) is 0 Å². The highest BCUT2D eigenvalue weighted by Crippen LogP contribution is 2.00. The van der Waals surface area contributed by atoms with Gasteiger partial charge in [-0.1, -0.05) is 15.9 Å². The van der Waals surface area contributed by atoms with Crippen molar-refractivity contribution < 1.29 is 9.59 Å². The van der Waals surface area contributed by atoms with E-state index in [1.54, 1.807) is 0 Å². The van der Waals surface area contributed by atoms with Gasteiger partial charge in [0.2, 0.25) is 0 Å². The average Bonchev–Trinajstić information content (AvgIpc) is 1.62. The van der Waals surface area contributed by atoms with Gasteiger partial charge in [0.15, 0.2) is 6.23 Å². The number of rotatable bonds is 2. The highest BCUT2D eigenvalue weighted by atomic mass is 79.9. The lowest BCUT2D eigenvalue weighted by Crippen LogP contribution is -2.45. The first-order valence-corrected chi connectivity index (χ1v) is 3.66. The van der Waals surface area contributed by atoms with Gasteiger partial charge in [-0.3, -0.25) is 0 Å². The Labute approximate surface area is 58.8 Å². The molecule has 0 radical (unpaired) electrons. The lowest BCUT2D eigenvalue weighted by atomic mass is 10.5. The maximum atomic E-state index is 9.12. The van der Waals surface area contributed by atoms with Gasteiger partial charge in [0.25, 0.3) is 0 Å². The second-order valence-corrected chi connectivity index (χ2v) is 3.40. The molecule has 0 aliphatic carbocycles. The van der Waals surface area contributed by atoms with Crippen molar-refractivity contribution in [2.24, 2.45) is 0 Å². The summed E-state index contributed by atoms with van der Waals surface area (Å²) in [7, 11) is 5.85. The molecule has 1 atom stereocenters. The molecule has 0 aromatic rings. The van der Waals surface area contributed by atoms with Gasteiger partial charge >= 0.3 is 0 Å². The van der Waals surface area contributed by atoms with Crippen molar-refractivity contribution in [1.82, 2.24) is 0 Å². The molecule has 0 aliphatic heterocycles. The fourth-order valence-electron chi connectivity index (χ4n) is 0.207. The summed E-state index contributed by atoms with van der Waals surface area (Å²) >= 11 is 3.18. The number of alkyl halides is 1. The fraction of sp³-hybridized carbons (Fsp3) is 1.00. The first-order valence-electron chi connectivity index (χ1n) is 2.53. The van der Waals surface area contributed by atoms with E-state index in [0.29, 0.717) is 9.81 Å². The molecular weight excluding hydrogens is 170 g/mol. The first-order chi connectivity index (χ1) is 3.48. The van der Waals surface area contributed by atoms with E-state index in [-0.39, 0.29) is 6.23 Å². The van der Waals surface area contributed by atoms with Gasteiger partial charge in [0, 0.05) is 0 Å². The number of halogens is 1. The number of aliphatic hydroxyl groups is 1. The molecular formula is C5H13BrNO+. The third-order valence-electron chi connectivity index (χ3n) is 1.03. The van der Waals surface area contributed by atoms with Crippen molar-refractivity contribution in [3.63, 3.8) is 0 Å². The zero-order valence-corrected chi connectivity index (χ0v) is 7.14. The predicted octanol–water partition coefficient (Wildman–Crippen LogP) is 0.406. The van der Waals surface area contributed by atoms with E-state index in [9.17, 15) is 0 Å². The maximum Gasteiger partial charge on any atom is 0.199 e. The molecule has 2 nitrogen and oxygen atoms in total. The van der Waals surface area contributed by atoms with Crippen LogP contribution in [0.5, 0.6) is 0 Å². The van der Waals surface area contributed by atoms with Gasteiger partial charge in [-0.2, -0.15) is 0 Å². The SMILES string of the molecule is C[N+](C)(C)[C@@H](O)CBr. The van der Waals surface area contributed by atoms with Gasteiger partial charge in [-0.25, -0.2) is 0 Å². The molecule has 0 rings (SSSR count). The van der Waals surface area contributed by atoms with E-state index in [0.717, 1.165) is 0 Å². The van der Waals surface area contributed by atoms with Crippen LogP contribution < -0.4 is 0 Å². The Morgan fingerprint density at radius 3 is 1.88 bits per heavy atom. The third-order valence-corrected chi connectivity index (χ3v) is 1.61. The van der Waals surface area contributed by atoms with E-state index in [1.807, 2.05) is 21.1 Å². The van der Waals surface area contributed by atoms with Gasteiger partial charge in [0.1, 0.15) is 0 Å². The van der Waals surface area contributed by atoms with Crippen molar-refractivity contribution in [2.45, 2.75) is 6.23 Å². The largest absolute Gasteiger partial charge is 0.344 e. The fourth-order valence-corrected chi connectivity index (χ4v) is 1.08. The van der Waals surface area contributed by atoms with Gasteiger partial charge in [-0.15, -0.1) is 0 Å². The minimum Gasteiger partial charge on any atom is -0.344 e. The first kappa shape index (κ1) is 8.40. The van der Waals surface area contributed by atoms with Crippen LogP contribution in [0.15, 0.2) is 0 Å². The highest BCUT2D eigenvalue weighted by molar-refractivity contribution is 9.09.